The maximum atomic E-state index is 12.6. The van der Waals surface area contributed by atoms with Crippen LogP contribution in [0.25, 0.3) is 0 Å². The minimum absolute atomic E-state index is 0.0268. The second-order valence-electron chi connectivity index (χ2n) is 7.64. The van der Waals surface area contributed by atoms with Gasteiger partial charge in [0.1, 0.15) is 5.75 Å². The highest BCUT2D eigenvalue weighted by Crippen LogP contribution is 2.37. The summed E-state index contributed by atoms with van der Waals surface area (Å²) in [5.41, 5.74) is 2.09. The number of carbonyl (C=O) groups is 1. The van der Waals surface area contributed by atoms with Crippen molar-refractivity contribution in [1.82, 2.24) is 10.2 Å². The molecular weight excluding hydrogens is 336 g/mol. The van der Waals surface area contributed by atoms with E-state index in [1.807, 2.05) is 31.2 Å². The molecule has 2 saturated heterocycles. The number of nitrogens with zero attached hydrogens (tertiary/aromatic N) is 1. The molecule has 0 saturated carbocycles. The molecule has 0 radical (unpaired) electrons. The van der Waals surface area contributed by atoms with E-state index in [2.05, 4.69) is 40.5 Å². The fraction of sp³-hybridized carbons (Fsp3) is 0.435. The highest BCUT2D eigenvalue weighted by Gasteiger charge is 2.40. The first-order chi connectivity index (χ1) is 13.2. The normalized spacial score (nSPS) is 24.6. The van der Waals surface area contributed by atoms with E-state index in [0.717, 1.165) is 25.1 Å². The summed E-state index contributed by atoms with van der Waals surface area (Å²) in [6, 6.07) is 19.6. The highest BCUT2D eigenvalue weighted by molar-refractivity contribution is 5.94. The molecule has 142 valence electrons. The average molecular weight is 364 g/mol. The lowest BCUT2D eigenvalue weighted by Crippen LogP contribution is -2.49. The van der Waals surface area contributed by atoms with Crippen LogP contribution in [-0.4, -0.2) is 35.5 Å². The average Bonchev–Trinajstić information content (AvgIpc) is 2.92. The van der Waals surface area contributed by atoms with E-state index in [1.54, 1.807) is 0 Å². The monoisotopic (exact) mass is 364 g/mol. The summed E-state index contributed by atoms with van der Waals surface area (Å²) in [6.45, 7) is 3.62. The van der Waals surface area contributed by atoms with Crippen molar-refractivity contribution in [2.24, 2.45) is 0 Å². The van der Waals surface area contributed by atoms with Crippen molar-refractivity contribution >= 4 is 5.91 Å². The van der Waals surface area contributed by atoms with E-state index in [-0.39, 0.29) is 11.9 Å². The molecule has 2 aromatic carbocycles. The minimum atomic E-state index is 0.0268. The fourth-order valence-electron chi connectivity index (χ4n) is 4.58. The Morgan fingerprint density at radius 2 is 1.70 bits per heavy atom. The van der Waals surface area contributed by atoms with E-state index in [0.29, 0.717) is 24.3 Å². The Hall–Kier alpha value is -2.33. The lowest BCUT2D eigenvalue weighted by atomic mass is 9.96. The molecule has 2 atom stereocenters. The molecule has 2 bridgehead atoms. The van der Waals surface area contributed by atoms with Crippen molar-refractivity contribution in [3.05, 3.63) is 65.7 Å². The van der Waals surface area contributed by atoms with Crippen LogP contribution in [-0.2, 0) is 6.54 Å². The van der Waals surface area contributed by atoms with Gasteiger partial charge >= 0.3 is 0 Å². The first kappa shape index (κ1) is 18.1. The molecule has 2 aliphatic rings. The van der Waals surface area contributed by atoms with Gasteiger partial charge in [-0.2, -0.15) is 0 Å². The molecule has 4 rings (SSSR count). The maximum absolute atomic E-state index is 12.6. The van der Waals surface area contributed by atoms with E-state index in [1.165, 1.54) is 18.4 Å². The van der Waals surface area contributed by atoms with Crippen molar-refractivity contribution in [3.8, 4) is 5.75 Å². The Morgan fingerprint density at radius 1 is 1.04 bits per heavy atom. The first-order valence-corrected chi connectivity index (χ1v) is 10.1. The third-order valence-electron chi connectivity index (χ3n) is 5.86. The van der Waals surface area contributed by atoms with Gasteiger partial charge < -0.3 is 10.1 Å². The van der Waals surface area contributed by atoms with E-state index < -0.39 is 0 Å². The molecule has 1 N–H and O–H groups in total. The van der Waals surface area contributed by atoms with E-state index >= 15 is 0 Å². The van der Waals surface area contributed by atoms with Gasteiger partial charge in [0, 0.05) is 30.2 Å². The van der Waals surface area contributed by atoms with Gasteiger partial charge in [0.05, 0.1) is 6.61 Å². The first-order valence-electron chi connectivity index (χ1n) is 10.1. The second kappa shape index (κ2) is 8.13. The molecule has 2 heterocycles. The van der Waals surface area contributed by atoms with Crippen LogP contribution in [0.3, 0.4) is 0 Å². The van der Waals surface area contributed by atoms with Gasteiger partial charge in [0.15, 0.2) is 0 Å². The van der Waals surface area contributed by atoms with E-state index in [4.69, 9.17) is 4.74 Å². The number of rotatable bonds is 6. The zero-order valence-electron chi connectivity index (χ0n) is 15.9. The number of amides is 1. The summed E-state index contributed by atoms with van der Waals surface area (Å²) in [5, 5.41) is 3.27. The largest absolute Gasteiger partial charge is 0.494 e. The summed E-state index contributed by atoms with van der Waals surface area (Å²) in [4.78, 5) is 15.3. The summed E-state index contributed by atoms with van der Waals surface area (Å²) >= 11 is 0. The van der Waals surface area contributed by atoms with Gasteiger partial charge in [0.2, 0.25) is 0 Å². The Bertz CT molecular complexity index is 746. The molecule has 0 aromatic heterocycles. The number of hydrogen-bond acceptors (Lipinski definition) is 3. The number of fused-ring (bicyclic) bond motifs is 2. The second-order valence-corrected chi connectivity index (χ2v) is 7.64. The number of ether oxygens (including phenoxy) is 1. The molecule has 2 aromatic rings. The zero-order chi connectivity index (χ0) is 18.6. The number of hydrogen-bond donors (Lipinski definition) is 1. The predicted molar refractivity (Wildman–Crippen MR) is 107 cm³/mol. The number of piperidine rings is 1. The summed E-state index contributed by atoms with van der Waals surface area (Å²) in [6.07, 6.45) is 4.58. The van der Waals surface area contributed by atoms with Gasteiger partial charge in [0.25, 0.3) is 5.91 Å². The van der Waals surface area contributed by atoms with Gasteiger partial charge in [-0.3, -0.25) is 9.69 Å². The van der Waals surface area contributed by atoms with E-state index in [9.17, 15) is 4.79 Å². The van der Waals surface area contributed by atoms with Crippen molar-refractivity contribution in [2.45, 2.75) is 57.3 Å². The van der Waals surface area contributed by atoms with Crippen molar-refractivity contribution < 1.29 is 9.53 Å². The molecule has 2 aliphatic heterocycles. The van der Waals surface area contributed by atoms with Crippen LogP contribution in [0.4, 0.5) is 0 Å². The van der Waals surface area contributed by atoms with Crippen LogP contribution < -0.4 is 10.1 Å². The SMILES string of the molecule is CCOc1ccc(C(=O)NC2C[C@@H]3CC[C@@H](C2)N3Cc2ccccc2)cc1. The van der Waals surface area contributed by atoms with Crippen molar-refractivity contribution in [3.63, 3.8) is 0 Å². The molecule has 0 unspecified atom stereocenters. The fourth-order valence-corrected chi connectivity index (χ4v) is 4.58. The summed E-state index contributed by atoms with van der Waals surface area (Å²) in [7, 11) is 0. The third-order valence-corrected chi connectivity index (χ3v) is 5.86. The molecule has 2 fully saturated rings. The Morgan fingerprint density at radius 3 is 2.33 bits per heavy atom. The van der Waals surface area contributed by atoms with Crippen molar-refractivity contribution in [1.29, 1.82) is 0 Å². The topological polar surface area (TPSA) is 41.6 Å². The van der Waals surface area contributed by atoms with Gasteiger partial charge in [-0.05, 0) is 62.4 Å². The lowest BCUT2D eigenvalue weighted by Gasteiger charge is -2.39. The van der Waals surface area contributed by atoms with Crippen molar-refractivity contribution in [2.75, 3.05) is 6.61 Å². The predicted octanol–water partition coefficient (Wildman–Crippen LogP) is 4.01. The van der Waals surface area contributed by atoms with Crippen LogP contribution in [0.15, 0.2) is 54.6 Å². The molecule has 4 heteroatoms. The van der Waals surface area contributed by atoms with Crippen LogP contribution in [0.2, 0.25) is 0 Å². The Balaban J connectivity index is 1.35. The Labute approximate surface area is 161 Å². The van der Waals surface area contributed by atoms with Gasteiger partial charge in [-0.1, -0.05) is 30.3 Å². The Kier molecular flexibility index (Phi) is 5.44. The maximum Gasteiger partial charge on any atom is 0.251 e. The zero-order valence-corrected chi connectivity index (χ0v) is 15.9. The molecule has 0 aliphatic carbocycles. The van der Waals surface area contributed by atoms with Crippen LogP contribution in [0.5, 0.6) is 5.75 Å². The molecule has 0 spiro atoms. The molecule has 1 amide bonds. The van der Waals surface area contributed by atoms with Crippen LogP contribution in [0.1, 0.15) is 48.5 Å². The summed E-state index contributed by atoms with van der Waals surface area (Å²) < 4.78 is 5.45. The lowest BCUT2D eigenvalue weighted by molar-refractivity contribution is 0.0828. The minimum Gasteiger partial charge on any atom is -0.494 e. The summed E-state index contributed by atoms with van der Waals surface area (Å²) in [5.74, 6) is 0.834. The smallest absolute Gasteiger partial charge is 0.251 e. The highest BCUT2D eigenvalue weighted by atomic mass is 16.5. The molecule has 4 nitrogen and oxygen atoms in total. The third kappa shape index (κ3) is 4.16. The van der Waals surface area contributed by atoms with Crippen LogP contribution >= 0.6 is 0 Å². The quantitative estimate of drug-likeness (QED) is 0.842. The number of nitrogens with one attached hydrogen (secondary N) is 1. The number of carbonyl (C=O) groups excluding carboxylic acids is 1. The van der Waals surface area contributed by atoms with Crippen LogP contribution in [0, 0.1) is 0 Å². The van der Waals surface area contributed by atoms with Gasteiger partial charge in [-0.25, -0.2) is 0 Å². The molecular formula is C23H28N2O2. The number of benzene rings is 2. The molecule has 27 heavy (non-hydrogen) atoms. The standard InChI is InChI=1S/C23H28N2O2/c1-2-27-22-12-8-18(9-13-22)23(26)24-19-14-20-10-11-21(15-19)25(20)16-17-6-4-3-5-7-17/h3-9,12-13,19-21H,2,10-11,14-16H2,1H3,(H,24,26)/t20-,21-/m0/s1. The van der Waals surface area contributed by atoms with Gasteiger partial charge in [-0.15, -0.1) is 0 Å².